The molecule has 0 unspecified atom stereocenters. The Labute approximate surface area is 80.9 Å². The van der Waals surface area contributed by atoms with Crippen molar-refractivity contribution in [3.05, 3.63) is 23.4 Å². The Morgan fingerprint density at radius 3 is 2.71 bits per heavy atom. The highest BCUT2D eigenvalue weighted by Crippen LogP contribution is 2.12. The number of methoxy groups -OCH3 is 2. The monoisotopic (exact) mass is 192 g/mol. The van der Waals surface area contributed by atoms with Gasteiger partial charge in [-0.05, 0) is 6.07 Å². The molecule has 1 heterocycles. The number of hydrogen-bond donors (Lipinski definition) is 0. The van der Waals surface area contributed by atoms with Crippen molar-refractivity contribution < 1.29 is 14.3 Å². The largest absolute Gasteiger partial charge is 0.481 e. The van der Waals surface area contributed by atoms with Crippen molar-refractivity contribution in [3.8, 4) is 11.9 Å². The molecule has 0 aliphatic carbocycles. The molecule has 14 heavy (non-hydrogen) atoms. The highest BCUT2D eigenvalue weighted by molar-refractivity contribution is 5.89. The summed E-state index contributed by atoms with van der Waals surface area (Å²) in [6.07, 6.45) is 0. The third kappa shape index (κ3) is 1.98. The quantitative estimate of drug-likeness (QED) is 0.646. The Morgan fingerprint density at radius 2 is 2.21 bits per heavy atom. The molecule has 0 fully saturated rings. The topological polar surface area (TPSA) is 72.2 Å². The molecular formula is C9H8N2O3. The molecule has 0 atom stereocenters. The van der Waals surface area contributed by atoms with Crippen LogP contribution in [-0.4, -0.2) is 25.2 Å². The second-order valence-electron chi connectivity index (χ2n) is 2.39. The molecule has 0 saturated carbocycles. The predicted molar refractivity (Wildman–Crippen MR) is 46.8 cm³/mol. The van der Waals surface area contributed by atoms with Gasteiger partial charge in [0.15, 0.2) is 0 Å². The summed E-state index contributed by atoms with van der Waals surface area (Å²) < 4.78 is 9.33. The van der Waals surface area contributed by atoms with Gasteiger partial charge in [0.1, 0.15) is 11.8 Å². The van der Waals surface area contributed by atoms with E-state index in [1.54, 1.807) is 0 Å². The van der Waals surface area contributed by atoms with E-state index in [0.29, 0.717) is 0 Å². The number of carbonyl (C=O) groups is 1. The van der Waals surface area contributed by atoms with Gasteiger partial charge in [-0.2, -0.15) is 5.26 Å². The van der Waals surface area contributed by atoms with Gasteiger partial charge in [0, 0.05) is 6.07 Å². The predicted octanol–water partition coefficient (Wildman–Crippen LogP) is 0.748. The molecule has 0 radical (unpaired) electrons. The fourth-order valence-electron chi connectivity index (χ4n) is 0.903. The SMILES string of the molecule is COC(=O)c1cc(C#N)nc(OC)c1. The summed E-state index contributed by atoms with van der Waals surface area (Å²) in [4.78, 5) is 14.9. The smallest absolute Gasteiger partial charge is 0.338 e. The lowest BCUT2D eigenvalue weighted by molar-refractivity contribution is 0.0600. The number of nitrogens with zero attached hydrogens (tertiary/aromatic N) is 2. The van der Waals surface area contributed by atoms with Crippen LogP contribution in [0.4, 0.5) is 0 Å². The van der Waals surface area contributed by atoms with Gasteiger partial charge in [-0.3, -0.25) is 0 Å². The van der Waals surface area contributed by atoms with Gasteiger partial charge in [0.2, 0.25) is 5.88 Å². The molecule has 0 aromatic carbocycles. The zero-order chi connectivity index (χ0) is 10.6. The van der Waals surface area contributed by atoms with Gasteiger partial charge in [0.05, 0.1) is 19.8 Å². The first-order valence-electron chi connectivity index (χ1n) is 3.75. The summed E-state index contributed by atoms with van der Waals surface area (Å²) in [6, 6.07) is 4.57. The number of carbonyl (C=O) groups excluding carboxylic acids is 1. The van der Waals surface area contributed by atoms with Crippen molar-refractivity contribution in [2.45, 2.75) is 0 Å². The maximum Gasteiger partial charge on any atom is 0.338 e. The van der Waals surface area contributed by atoms with Crippen LogP contribution in [0.1, 0.15) is 16.1 Å². The summed E-state index contributed by atoms with van der Waals surface area (Å²) in [5, 5.41) is 8.62. The highest BCUT2D eigenvalue weighted by atomic mass is 16.5. The van der Waals surface area contributed by atoms with Crippen LogP contribution in [0.5, 0.6) is 5.88 Å². The molecule has 0 aliphatic heterocycles. The first-order chi connectivity index (χ1) is 6.71. The van der Waals surface area contributed by atoms with Crippen molar-refractivity contribution in [2.75, 3.05) is 14.2 Å². The number of ether oxygens (including phenoxy) is 2. The van der Waals surface area contributed by atoms with E-state index in [9.17, 15) is 4.79 Å². The van der Waals surface area contributed by atoms with Crippen molar-refractivity contribution in [3.63, 3.8) is 0 Å². The number of hydrogen-bond acceptors (Lipinski definition) is 5. The van der Waals surface area contributed by atoms with E-state index >= 15 is 0 Å². The average Bonchev–Trinajstić information content (AvgIpc) is 2.27. The van der Waals surface area contributed by atoms with E-state index in [0.717, 1.165) is 0 Å². The van der Waals surface area contributed by atoms with Crippen LogP contribution in [0.2, 0.25) is 0 Å². The number of rotatable bonds is 2. The van der Waals surface area contributed by atoms with Crippen molar-refractivity contribution in [1.29, 1.82) is 5.26 Å². The third-order valence-electron chi connectivity index (χ3n) is 1.55. The molecule has 0 aliphatic rings. The molecule has 72 valence electrons. The lowest BCUT2D eigenvalue weighted by atomic mass is 10.2. The molecule has 0 amide bonds. The van der Waals surface area contributed by atoms with Gasteiger partial charge in [0.25, 0.3) is 0 Å². The summed E-state index contributed by atoms with van der Waals surface area (Å²) >= 11 is 0. The van der Waals surface area contributed by atoms with Crippen LogP contribution < -0.4 is 4.74 Å². The fourth-order valence-corrected chi connectivity index (χ4v) is 0.903. The number of esters is 1. The Kier molecular flexibility index (Phi) is 3.02. The van der Waals surface area contributed by atoms with Gasteiger partial charge < -0.3 is 9.47 Å². The Morgan fingerprint density at radius 1 is 1.50 bits per heavy atom. The summed E-state index contributed by atoms with van der Waals surface area (Å²) in [6.45, 7) is 0. The summed E-state index contributed by atoms with van der Waals surface area (Å²) in [5.41, 5.74) is 0.362. The number of nitriles is 1. The third-order valence-corrected chi connectivity index (χ3v) is 1.55. The Balaban J connectivity index is 3.19. The molecule has 1 rings (SSSR count). The van der Waals surface area contributed by atoms with Gasteiger partial charge in [-0.25, -0.2) is 9.78 Å². The van der Waals surface area contributed by atoms with E-state index in [2.05, 4.69) is 9.72 Å². The molecule has 0 saturated heterocycles. The normalized spacial score (nSPS) is 8.93. The van der Waals surface area contributed by atoms with Crippen LogP contribution in [0.15, 0.2) is 12.1 Å². The number of aromatic nitrogens is 1. The highest BCUT2D eigenvalue weighted by Gasteiger charge is 2.09. The van der Waals surface area contributed by atoms with Gasteiger partial charge in [-0.15, -0.1) is 0 Å². The second-order valence-corrected chi connectivity index (χ2v) is 2.39. The zero-order valence-electron chi connectivity index (χ0n) is 7.77. The van der Waals surface area contributed by atoms with E-state index in [-0.39, 0.29) is 17.1 Å². The van der Waals surface area contributed by atoms with E-state index in [1.807, 2.05) is 6.07 Å². The molecule has 0 spiro atoms. The fraction of sp³-hybridized carbons (Fsp3) is 0.222. The Hall–Kier alpha value is -2.09. The Bertz CT molecular complexity index is 396. The van der Waals surface area contributed by atoms with E-state index in [1.165, 1.54) is 26.4 Å². The molecule has 1 aromatic heterocycles. The van der Waals surface area contributed by atoms with Crippen LogP contribution in [0.25, 0.3) is 0 Å². The molecule has 5 heteroatoms. The van der Waals surface area contributed by atoms with E-state index < -0.39 is 5.97 Å². The van der Waals surface area contributed by atoms with Crippen LogP contribution in [0, 0.1) is 11.3 Å². The van der Waals surface area contributed by atoms with Crippen molar-refractivity contribution in [1.82, 2.24) is 4.98 Å². The lowest BCUT2D eigenvalue weighted by Gasteiger charge is -2.02. The summed E-state index contributed by atoms with van der Waals surface area (Å²) in [7, 11) is 2.67. The minimum absolute atomic E-state index is 0.116. The maximum absolute atomic E-state index is 11.1. The van der Waals surface area contributed by atoms with Crippen LogP contribution in [-0.2, 0) is 4.74 Å². The molecule has 1 aromatic rings. The van der Waals surface area contributed by atoms with Crippen LogP contribution >= 0.6 is 0 Å². The first-order valence-corrected chi connectivity index (χ1v) is 3.75. The zero-order valence-corrected chi connectivity index (χ0v) is 7.77. The van der Waals surface area contributed by atoms with Crippen molar-refractivity contribution >= 4 is 5.97 Å². The van der Waals surface area contributed by atoms with Crippen LogP contribution in [0.3, 0.4) is 0 Å². The maximum atomic E-state index is 11.1. The van der Waals surface area contributed by atoms with Gasteiger partial charge in [-0.1, -0.05) is 0 Å². The molecule has 0 bridgehead atoms. The molecule has 0 N–H and O–H groups in total. The standard InChI is InChI=1S/C9H8N2O3/c1-13-8-4-6(9(12)14-2)3-7(5-10)11-8/h3-4H,1-2H3. The number of pyridine rings is 1. The summed E-state index contributed by atoms with van der Waals surface area (Å²) in [5.74, 6) is -0.313. The van der Waals surface area contributed by atoms with E-state index in [4.69, 9.17) is 10.00 Å². The average molecular weight is 192 g/mol. The minimum atomic E-state index is -0.526. The minimum Gasteiger partial charge on any atom is -0.481 e. The molecular weight excluding hydrogens is 184 g/mol. The van der Waals surface area contributed by atoms with Gasteiger partial charge >= 0.3 is 5.97 Å². The molecule has 5 nitrogen and oxygen atoms in total. The second kappa shape index (κ2) is 4.23. The lowest BCUT2D eigenvalue weighted by Crippen LogP contribution is -2.03. The van der Waals surface area contributed by atoms with Crippen molar-refractivity contribution in [2.24, 2.45) is 0 Å². The first kappa shape index (κ1) is 9.99.